The van der Waals surface area contributed by atoms with Crippen molar-refractivity contribution in [2.45, 2.75) is 12.5 Å². The largest absolute Gasteiger partial charge is 0.480 e. The van der Waals surface area contributed by atoms with Crippen LogP contribution in [0, 0.1) is 0 Å². The van der Waals surface area contributed by atoms with Crippen molar-refractivity contribution < 1.29 is 9.90 Å². The highest BCUT2D eigenvalue weighted by atomic mass is 16.4. The van der Waals surface area contributed by atoms with Gasteiger partial charge in [0.25, 0.3) is 0 Å². The molecule has 14 heavy (non-hydrogen) atoms. The van der Waals surface area contributed by atoms with Gasteiger partial charge in [0.1, 0.15) is 5.54 Å². The predicted octanol–water partition coefficient (Wildman–Crippen LogP) is 1.59. The van der Waals surface area contributed by atoms with Crippen LogP contribution in [0.15, 0.2) is 30.8 Å². The van der Waals surface area contributed by atoms with E-state index in [1.165, 1.54) is 6.92 Å². The zero-order chi connectivity index (χ0) is 10.8. The molecule has 0 aliphatic rings. The minimum Gasteiger partial charge on any atom is -0.480 e. The van der Waals surface area contributed by atoms with E-state index in [1.54, 1.807) is 24.3 Å². The van der Waals surface area contributed by atoms with Crippen LogP contribution >= 0.6 is 0 Å². The molecule has 3 N–H and O–H groups in total. The molecule has 0 aromatic heterocycles. The summed E-state index contributed by atoms with van der Waals surface area (Å²) in [6, 6.07) is 7.02. The Morgan fingerprint density at radius 1 is 1.64 bits per heavy atom. The average Bonchev–Trinajstić information content (AvgIpc) is 2.17. The van der Waals surface area contributed by atoms with Gasteiger partial charge in [-0.3, -0.25) is 0 Å². The van der Waals surface area contributed by atoms with Crippen LogP contribution in [-0.4, -0.2) is 11.1 Å². The van der Waals surface area contributed by atoms with Crippen molar-refractivity contribution in [1.82, 2.24) is 0 Å². The monoisotopic (exact) mass is 191 g/mol. The second-order valence-electron chi connectivity index (χ2n) is 3.34. The van der Waals surface area contributed by atoms with Gasteiger partial charge in [-0.25, -0.2) is 4.79 Å². The average molecular weight is 191 g/mol. The first kappa shape index (κ1) is 10.5. The number of hydrogen-bond acceptors (Lipinski definition) is 2. The molecule has 0 amide bonds. The van der Waals surface area contributed by atoms with Gasteiger partial charge in [0.15, 0.2) is 0 Å². The van der Waals surface area contributed by atoms with Crippen LogP contribution in [-0.2, 0) is 10.3 Å². The first-order valence-corrected chi connectivity index (χ1v) is 4.23. The van der Waals surface area contributed by atoms with Gasteiger partial charge in [-0.1, -0.05) is 30.9 Å². The van der Waals surface area contributed by atoms with Crippen molar-refractivity contribution in [1.29, 1.82) is 0 Å². The lowest BCUT2D eigenvalue weighted by Crippen LogP contribution is -2.41. The predicted molar refractivity (Wildman–Crippen MR) is 55.7 cm³/mol. The fourth-order valence-electron chi connectivity index (χ4n) is 1.11. The molecule has 3 nitrogen and oxygen atoms in total. The summed E-state index contributed by atoms with van der Waals surface area (Å²) in [6.45, 7) is 5.08. The molecule has 0 spiro atoms. The fourth-order valence-corrected chi connectivity index (χ4v) is 1.11. The van der Waals surface area contributed by atoms with Gasteiger partial charge in [0.2, 0.25) is 0 Å². The molecule has 74 valence electrons. The summed E-state index contributed by atoms with van der Waals surface area (Å²) in [5.74, 6) is -1.04. The zero-order valence-electron chi connectivity index (χ0n) is 8.03. The Morgan fingerprint density at radius 3 is 2.79 bits per heavy atom. The number of benzene rings is 1. The summed E-state index contributed by atoms with van der Waals surface area (Å²) in [6.07, 6.45) is 1.65. The van der Waals surface area contributed by atoms with Gasteiger partial charge in [0.05, 0.1) is 0 Å². The van der Waals surface area contributed by atoms with Crippen LogP contribution < -0.4 is 5.73 Å². The quantitative estimate of drug-likeness (QED) is 0.762. The molecule has 0 aliphatic heterocycles. The Morgan fingerprint density at radius 2 is 2.29 bits per heavy atom. The van der Waals surface area contributed by atoms with Crippen LogP contribution in [0.5, 0.6) is 0 Å². The molecule has 0 aliphatic carbocycles. The third-order valence-corrected chi connectivity index (χ3v) is 2.17. The van der Waals surface area contributed by atoms with E-state index >= 15 is 0 Å². The van der Waals surface area contributed by atoms with Gasteiger partial charge in [-0.15, -0.1) is 0 Å². The molecule has 0 saturated heterocycles. The SMILES string of the molecule is C=Cc1cccc([C@](C)(N)C(=O)O)c1. The van der Waals surface area contributed by atoms with Crippen LogP contribution in [0.3, 0.4) is 0 Å². The van der Waals surface area contributed by atoms with E-state index in [2.05, 4.69) is 6.58 Å². The van der Waals surface area contributed by atoms with Crippen molar-refractivity contribution in [3.63, 3.8) is 0 Å². The van der Waals surface area contributed by atoms with E-state index in [1.807, 2.05) is 6.07 Å². The summed E-state index contributed by atoms with van der Waals surface area (Å²) in [7, 11) is 0. The lowest BCUT2D eigenvalue weighted by atomic mass is 9.92. The van der Waals surface area contributed by atoms with Crippen molar-refractivity contribution in [3.8, 4) is 0 Å². The second kappa shape index (κ2) is 3.64. The molecule has 0 saturated carbocycles. The summed E-state index contributed by atoms with van der Waals surface area (Å²) in [4.78, 5) is 10.9. The molecule has 0 fully saturated rings. The summed E-state index contributed by atoms with van der Waals surface area (Å²) in [5.41, 5.74) is 5.76. The number of carboxylic acid groups (broad SMARTS) is 1. The number of carboxylic acids is 1. The number of carbonyl (C=O) groups is 1. The van der Waals surface area contributed by atoms with E-state index in [0.717, 1.165) is 5.56 Å². The summed E-state index contributed by atoms with van der Waals surface area (Å²) >= 11 is 0. The van der Waals surface area contributed by atoms with Crippen LogP contribution in [0.2, 0.25) is 0 Å². The maximum absolute atomic E-state index is 10.9. The van der Waals surface area contributed by atoms with E-state index in [9.17, 15) is 4.79 Å². The van der Waals surface area contributed by atoms with E-state index < -0.39 is 11.5 Å². The molecule has 1 rings (SSSR count). The second-order valence-corrected chi connectivity index (χ2v) is 3.34. The maximum Gasteiger partial charge on any atom is 0.328 e. The first-order chi connectivity index (χ1) is 6.48. The molecular weight excluding hydrogens is 178 g/mol. The molecule has 0 radical (unpaired) electrons. The highest BCUT2D eigenvalue weighted by Crippen LogP contribution is 2.19. The standard InChI is InChI=1S/C11H13NO2/c1-3-8-5-4-6-9(7-8)11(2,12)10(13)14/h3-7H,1,12H2,2H3,(H,13,14)/t11-/m0/s1. The van der Waals surface area contributed by atoms with E-state index in [4.69, 9.17) is 10.8 Å². The Labute approximate surface area is 82.9 Å². The molecule has 0 unspecified atom stereocenters. The number of hydrogen-bond donors (Lipinski definition) is 2. The molecule has 1 aromatic rings. The summed E-state index contributed by atoms with van der Waals surface area (Å²) < 4.78 is 0. The smallest absolute Gasteiger partial charge is 0.328 e. The maximum atomic E-state index is 10.9. The van der Waals surface area contributed by atoms with Gasteiger partial charge < -0.3 is 10.8 Å². The van der Waals surface area contributed by atoms with Crippen molar-refractivity contribution >= 4 is 12.0 Å². The Kier molecular flexibility index (Phi) is 2.72. The van der Waals surface area contributed by atoms with Crippen molar-refractivity contribution in [2.75, 3.05) is 0 Å². The summed E-state index contributed by atoms with van der Waals surface area (Å²) in [5, 5.41) is 8.91. The number of rotatable bonds is 3. The van der Waals surface area contributed by atoms with Gasteiger partial charge in [-0.05, 0) is 24.1 Å². The molecule has 0 heterocycles. The van der Waals surface area contributed by atoms with Gasteiger partial charge in [-0.2, -0.15) is 0 Å². The molecule has 1 atom stereocenters. The van der Waals surface area contributed by atoms with Gasteiger partial charge >= 0.3 is 5.97 Å². The van der Waals surface area contributed by atoms with E-state index in [0.29, 0.717) is 5.56 Å². The van der Waals surface area contributed by atoms with Crippen molar-refractivity contribution in [3.05, 3.63) is 42.0 Å². The Balaban J connectivity index is 3.18. The molecule has 1 aromatic carbocycles. The minimum absolute atomic E-state index is 0.572. The number of nitrogens with two attached hydrogens (primary N) is 1. The Hall–Kier alpha value is -1.61. The van der Waals surface area contributed by atoms with Crippen LogP contribution in [0.25, 0.3) is 6.08 Å². The topological polar surface area (TPSA) is 63.3 Å². The first-order valence-electron chi connectivity index (χ1n) is 4.23. The lowest BCUT2D eigenvalue weighted by molar-refractivity contribution is -0.143. The lowest BCUT2D eigenvalue weighted by Gasteiger charge is -2.19. The highest BCUT2D eigenvalue weighted by Gasteiger charge is 2.29. The minimum atomic E-state index is -1.35. The normalized spacial score (nSPS) is 14.4. The van der Waals surface area contributed by atoms with Crippen LogP contribution in [0.4, 0.5) is 0 Å². The van der Waals surface area contributed by atoms with E-state index in [-0.39, 0.29) is 0 Å². The Bertz CT molecular complexity index is 369. The van der Waals surface area contributed by atoms with Gasteiger partial charge in [0, 0.05) is 0 Å². The highest BCUT2D eigenvalue weighted by molar-refractivity contribution is 5.80. The molecular formula is C11H13NO2. The molecule has 3 heteroatoms. The van der Waals surface area contributed by atoms with Crippen LogP contribution in [0.1, 0.15) is 18.1 Å². The number of aliphatic carboxylic acids is 1. The third kappa shape index (κ3) is 1.83. The third-order valence-electron chi connectivity index (χ3n) is 2.17. The zero-order valence-corrected chi connectivity index (χ0v) is 8.03. The fraction of sp³-hybridized carbons (Fsp3) is 0.182. The van der Waals surface area contributed by atoms with Crippen molar-refractivity contribution in [2.24, 2.45) is 5.73 Å². The molecule has 0 bridgehead atoms.